The SMILES string of the molecule is C[C@]12O[C@](C)(C[C@H]1OCC1CC1)[C@H]1C(=O)N(c3ccc(C#N)c(C(F)(F)F)c3)C(=O)[C@H]12. The highest BCUT2D eigenvalue weighted by molar-refractivity contribution is 6.23. The minimum Gasteiger partial charge on any atom is -0.375 e. The molecule has 1 aliphatic carbocycles. The smallest absolute Gasteiger partial charge is 0.375 e. The zero-order valence-electron chi connectivity index (χ0n) is 17.0. The van der Waals surface area contributed by atoms with Crippen LogP contribution >= 0.6 is 0 Å². The summed E-state index contributed by atoms with van der Waals surface area (Å²) in [5.74, 6) is -2.25. The van der Waals surface area contributed by atoms with Crippen molar-refractivity contribution in [2.24, 2.45) is 17.8 Å². The van der Waals surface area contributed by atoms with Gasteiger partial charge >= 0.3 is 6.18 Å². The first-order valence-corrected chi connectivity index (χ1v) is 10.3. The Balaban J connectivity index is 1.50. The average Bonchev–Trinajstić information content (AvgIpc) is 3.36. The molecule has 5 atom stereocenters. The fourth-order valence-corrected chi connectivity index (χ4v) is 5.52. The highest BCUT2D eigenvalue weighted by atomic mass is 19.4. The molecule has 0 N–H and O–H groups in total. The van der Waals surface area contributed by atoms with Crippen molar-refractivity contribution in [1.29, 1.82) is 5.26 Å². The quantitative estimate of drug-likeness (QED) is 0.679. The zero-order valence-corrected chi connectivity index (χ0v) is 17.0. The third-order valence-corrected chi connectivity index (χ3v) is 7.18. The third kappa shape index (κ3) is 2.84. The molecule has 31 heavy (non-hydrogen) atoms. The number of nitriles is 1. The first kappa shape index (κ1) is 20.5. The molecule has 4 aliphatic rings. The first-order valence-electron chi connectivity index (χ1n) is 10.3. The maximum Gasteiger partial charge on any atom is 0.417 e. The second-order valence-corrected chi connectivity index (χ2v) is 9.37. The average molecular weight is 434 g/mol. The Kier molecular flexibility index (Phi) is 4.16. The van der Waals surface area contributed by atoms with Crippen molar-refractivity contribution in [3.63, 3.8) is 0 Å². The van der Waals surface area contributed by atoms with Gasteiger partial charge in [-0.3, -0.25) is 9.59 Å². The number of hydrogen-bond donors (Lipinski definition) is 0. The van der Waals surface area contributed by atoms with Crippen molar-refractivity contribution >= 4 is 17.5 Å². The van der Waals surface area contributed by atoms with Crippen LogP contribution in [0.15, 0.2) is 18.2 Å². The van der Waals surface area contributed by atoms with Crippen LogP contribution in [0.1, 0.15) is 44.2 Å². The van der Waals surface area contributed by atoms with Crippen LogP contribution < -0.4 is 4.90 Å². The van der Waals surface area contributed by atoms with Gasteiger partial charge in [0.15, 0.2) is 0 Å². The second kappa shape index (κ2) is 6.30. The summed E-state index contributed by atoms with van der Waals surface area (Å²) in [5, 5.41) is 9.01. The topological polar surface area (TPSA) is 79.6 Å². The molecular weight excluding hydrogens is 413 g/mol. The lowest BCUT2D eigenvalue weighted by Gasteiger charge is -2.35. The fourth-order valence-electron chi connectivity index (χ4n) is 5.52. The van der Waals surface area contributed by atoms with E-state index in [9.17, 15) is 22.8 Å². The number of nitrogens with zero attached hydrogens (tertiary/aromatic N) is 2. The lowest BCUT2D eigenvalue weighted by atomic mass is 9.67. The van der Waals surface area contributed by atoms with Gasteiger partial charge in [-0.05, 0) is 50.8 Å². The molecule has 0 aromatic heterocycles. The predicted octanol–water partition coefficient (Wildman–Crippen LogP) is 3.43. The summed E-state index contributed by atoms with van der Waals surface area (Å²) in [6.45, 7) is 4.10. The molecule has 0 unspecified atom stereocenters. The Bertz CT molecular complexity index is 1030. The van der Waals surface area contributed by atoms with E-state index in [-0.39, 0.29) is 11.8 Å². The van der Waals surface area contributed by atoms with Crippen molar-refractivity contribution in [3.8, 4) is 6.07 Å². The molecule has 3 aliphatic heterocycles. The summed E-state index contributed by atoms with van der Waals surface area (Å²) in [4.78, 5) is 27.5. The van der Waals surface area contributed by atoms with E-state index in [0.29, 0.717) is 25.0 Å². The van der Waals surface area contributed by atoms with Crippen LogP contribution in [-0.2, 0) is 25.2 Å². The molecule has 1 saturated carbocycles. The first-order chi connectivity index (χ1) is 14.5. The van der Waals surface area contributed by atoms with Gasteiger partial charge in [-0.25, -0.2) is 4.90 Å². The van der Waals surface area contributed by atoms with Crippen LogP contribution in [0.3, 0.4) is 0 Å². The molecule has 3 heterocycles. The Morgan fingerprint density at radius 1 is 1.23 bits per heavy atom. The minimum atomic E-state index is -4.79. The molecule has 0 spiro atoms. The highest BCUT2D eigenvalue weighted by Gasteiger charge is 2.76. The maximum atomic E-state index is 13.4. The number of fused-ring (bicyclic) bond motifs is 5. The van der Waals surface area contributed by atoms with Crippen LogP contribution in [0, 0.1) is 29.1 Å². The van der Waals surface area contributed by atoms with Gasteiger partial charge in [0.2, 0.25) is 11.8 Å². The Morgan fingerprint density at radius 3 is 2.52 bits per heavy atom. The Labute approximate surface area is 176 Å². The molecular formula is C22H21F3N2O4. The Morgan fingerprint density at radius 2 is 1.90 bits per heavy atom. The summed E-state index contributed by atoms with van der Waals surface area (Å²) in [6.07, 6.45) is -2.48. The number of benzene rings is 1. The highest BCUT2D eigenvalue weighted by Crippen LogP contribution is 2.62. The van der Waals surface area contributed by atoms with E-state index >= 15 is 0 Å². The van der Waals surface area contributed by atoms with E-state index < -0.39 is 52.2 Å². The van der Waals surface area contributed by atoms with E-state index in [1.807, 2.05) is 0 Å². The van der Waals surface area contributed by atoms with Crippen molar-refractivity contribution < 1.29 is 32.2 Å². The summed E-state index contributed by atoms with van der Waals surface area (Å²) in [5.41, 5.74) is -3.86. The van der Waals surface area contributed by atoms with Gasteiger partial charge in [-0.1, -0.05) is 0 Å². The molecule has 6 nitrogen and oxygen atoms in total. The molecule has 9 heteroatoms. The number of amides is 2. The molecule has 164 valence electrons. The normalized spacial score (nSPS) is 36.8. The predicted molar refractivity (Wildman–Crippen MR) is 101 cm³/mol. The Hall–Kier alpha value is -2.44. The van der Waals surface area contributed by atoms with Gasteiger partial charge < -0.3 is 9.47 Å². The molecule has 5 rings (SSSR count). The van der Waals surface area contributed by atoms with Crippen LogP contribution in [0.4, 0.5) is 18.9 Å². The number of anilines is 1. The zero-order chi connectivity index (χ0) is 22.3. The van der Waals surface area contributed by atoms with E-state index in [0.717, 1.165) is 23.8 Å². The largest absolute Gasteiger partial charge is 0.417 e. The number of rotatable bonds is 4. The molecule has 1 aromatic carbocycles. The number of halogens is 3. The van der Waals surface area contributed by atoms with Crippen molar-refractivity contribution in [2.45, 2.75) is 56.6 Å². The van der Waals surface area contributed by atoms with Crippen LogP contribution in [0.5, 0.6) is 0 Å². The second-order valence-electron chi connectivity index (χ2n) is 9.37. The minimum absolute atomic E-state index is 0.183. The number of ether oxygens (including phenoxy) is 2. The van der Waals surface area contributed by atoms with Gasteiger partial charge in [0.1, 0.15) is 5.60 Å². The van der Waals surface area contributed by atoms with Crippen molar-refractivity contribution in [3.05, 3.63) is 29.3 Å². The molecule has 4 fully saturated rings. The summed E-state index contributed by atoms with van der Waals surface area (Å²) in [7, 11) is 0. The summed E-state index contributed by atoms with van der Waals surface area (Å²) >= 11 is 0. The lowest BCUT2D eigenvalue weighted by molar-refractivity contribution is -0.138. The van der Waals surface area contributed by atoms with E-state index in [2.05, 4.69) is 0 Å². The van der Waals surface area contributed by atoms with Crippen molar-refractivity contribution in [2.75, 3.05) is 11.5 Å². The monoisotopic (exact) mass is 434 g/mol. The van der Waals surface area contributed by atoms with E-state index in [4.69, 9.17) is 14.7 Å². The van der Waals surface area contributed by atoms with Crippen LogP contribution in [-0.4, -0.2) is 35.7 Å². The molecule has 0 radical (unpaired) electrons. The fraction of sp³-hybridized carbons (Fsp3) is 0.591. The van der Waals surface area contributed by atoms with Crippen LogP contribution in [0.2, 0.25) is 0 Å². The van der Waals surface area contributed by atoms with Gasteiger partial charge in [-0.2, -0.15) is 18.4 Å². The van der Waals surface area contributed by atoms with Gasteiger partial charge in [-0.15, -0.1) is 0 Å². The summed E-state index contributed by atoms with van der Waals surface area (Å²) in [6, 6.07) is 4.40. The number of hydrogen-bond acceptors (Lipinski definition) is 5. The maximum absolute atomic E-state index is 13.4. The number of carbonyl (C=O) groups is 2. The molecule has 1 aromatic rings. The van der Waals surface area contributed by atoms with Gasteiger partial charge in [0.05, 0.1) is 46.4 Å². The molecule has 2 amide bonds. The standard InChI is InChI=1S/C22H21F3N2O4/c1-20-8-15(30-10-11-3-4-11)21(2,31-20)17-16(20)18(28)27(19(17)29)13-6-5-12(9-26)14(7-13)22(23,24)25/h5-7,11,15-17H,3-4,8,10H2,1-2H3/t15-,16-,17+,20-,21+/m1/s1. The third-order valence-electron chi connectivity index (χ3n) is 7.18. The lowest BCUT2D eigenvalue weighted by Crippen LogP contribution is -2.50. The molecule has 3 saturated heterocycles. The number of alkyl halides is 3. The molecule has 2 bridgehead atoms. The van der Waals surface area contributed by atoms with Gasteiger partial charge in [0, 0.05) is 13.0 Å². The van der Waals surface area contributed by atoms with E-state index in [1.165, 1.54) is 12.1 Å². The van der Waals surface area contributed by atoms with Gasteiger partial charge in [0.25, 0.3) is 0 Å². The van der Waals surface area contributed by atoms with E-state index in [1.54, 1.807) is 13.8 Å². The van der Waals surface area contributed by atoms with Crippen molar-refractivity contribution in [1.82, 2.24) is 0 Å². The number of carbonyl (C=O) groups excluding carboxylic acids is 2. The van der Waals surface area contributed by atoms with Crippen LogP contribution in [0.25, 0.3) is 0 Å². The number of imide groups is 1. The summed E-state index contributed by atoms with van der Waals surface area (Å²) < 4.78 is 52.5.